The standard InChI is InChI=1S/C11H21NO2/c1-4-9(10(13)14)12-8-5-6-11(2,3)7-8/h8-9,12H,4-7H2,1-3H3,(H,13,14). The monoisotopic (exact) mass is 199 g/mol. The number of carboxylic acids is 1. The molecule has 3 nitrogen and oxygen atoms in total. The summed E-state index contributed by atoms with van der Waals surface area (Å²) in [6, 6.07) is 0.0277. The fraction of sp³-hybridized carbons (Fsp3) is 0.909. The number of carbonyl (C=O) groups is 1. The second-order valence-electron chi connectivity index (χ2n) is 5.07. The van der Waals surface area contributed by atoms with Gasteiger partial charge < -0.3 is 10.4 Å². The van der Waals surface area contributed by atoms with Gasteiger partial charge in [-0.1, -0.05) is 20.8 Å². The molecule has 14 heavy (non-hydrogen) atoms. The van der Waals surface area contributed by atoms with E-state index in [1.54, 1.807) is 0 Å². The first-order valence-electron chi connectivity index (χ1n) is 5.43. The minimum absolute atomic E-state index is 0.367. The fourth-order valence-electron chi connectivity index (χ4n) is 2.23. The lowest BCUT2D eigenvalue weighted by Gasteiger charge is -2.20. The van der Waals surface area contributed by atoms with Gasteiger partial charge in [0, 0.05) is 6.04 Å². The molecule has 1 fully saturated rings. The molecule has 0 aliphatic heterocycles. The van der Waals surface area contributed by atoms with E-state index >= 15 is 0 Å². The fourth-order valence-corrected chi connectivity index (χ4v) is 2.23. The van der Waals surface area contributed by atoms with Gasteiger partial charge in [0.15, 0.2) is 0 Å². The summed E-state index contributed by atoms with van der Waals surface area (Å²) in [5.74, 6) is -0.725. The number of hydrogen-bond donors (Lipinski definition) is 2. The van der Waals surface area contributed by atoms with Crippen LogP contribution in [0.25, 0.3) is 0 Å². The molecule has 82 valence electrons. The van der Waals surface area contributed by atoms with E-state index in [0.717, 1.165) is 12.8 Å². The van der Waals surface area contributed by atoms with Gasteiger partial charge in [-0.05, 0) is 31.1 Å². The molecule has 0 aromatic rings. The summed E-state index contributed by atoms with van der Waals surface area (Å²) in [7, 11) is 0. The minimum Gasteiger partial charge on any atom is -0.480 e. The normalized spacial score (nSPS) is 27.5. The zero-order chi connectivity index (χ0) is 10.8. The topological polar surface area (TPSA) is 49.3 Å². The van der Waals surface area contributed by atoms with E-state index in [1.165, 1.54) is 6.42 Å². The largest absolute Gasteiger partial charge is 0.480 e. The Labute approximate surface area is 85.9 Å². The maximum atomic E-state index is 10.8. The highest BCUT2D eigenvalue weighted by Crippen LogP contribution is 2.37. The van der Waals surface area contributed by atoms with Gasteiger partial charge in [0.25, 0.3) is 0 Å². The smallest absolute Gasteiger partial charge is 0.320 e. The van der Waals surface area contributed by atoms with Crippen LogP contribution in [-0.4, -0.2) is 23.2 Å². The number of nitrogens with one attached hydrogen (secondary N) is 1. The molecule has 1 rings (SSSR count). The Balaban J connectivity index is 2.42. The Kier molecular flexibility index (Phi) is 3.53. The Bertz CT molecular complexity index is 213. The van der Waals surface area contributed by atoms with Gasteiger partial charge in [-0.3, -0.25) is 4.79 Å². The van der Waals surface area contributed by atoms with Crippen molar-refractivity contribution in [2.24, 2.45) is 5.41 Å². The van der Waals surface area contributed by atoms with Crippen molar-refractivity contribution in [2.45, 2.75) is 58.5 Å². The first-order valence-corrected chi connectivity index (χ1v) is 5.43. The number of hydrogen-bond acceptors (Lipinski definition) is 2. The van der Waals surface area contributed by atoms with E-state index in [2.05, 4.69) is 19.2 Å². The maximum Gasteiger partial charge on any atom is 0.320 e. The van der Waals surface area contributed by atoms with Crippen LogP contribution in [0.4, 0.5) is 0 Å². The van der Waals surface area contributed by atoms with Crippen LogP contribution in [0.5, 0.6) is 0 Å². The van der Waals surface area contributed by atoms with Gasteiger partial charge >= 0.3 is 5.97 Å². The third-order valence-electron chi connectivity index (χ3n) is 3.11. The highest BCUT2D eigenvalue weighted by atomic mass is 16.4. The van der Waals surface area contributed by atoms with Crippen LogP contribution >= 0.6 is 0 Å². The minimum atomic E-state index is -0.725. The van der Waals surface area contributed by atoms with E-state index in [0.29, 0.717) is 17.9 Å². The first kappa shape index (κ1) is 11.5. The molecular formula is C11H21NO2. The number of aliphatic carboxylic acids is 1. The van der Waals surface area contributed by atoms with Crippen molar-refractivity contribution in [3.05, 3.63) is 0 Å². The Hall–Kier alpha value is -0.570. The van der Waals surface area contributed by atoms with Crippen molar-refractivity contribution < 1.29 is 9.90 Å². The van der Waals surface area contributed by atoms with Gasteiger partial charge in [-0.15, -0.1) is 0 Å². The van der Waals surface area contributed by atoms with E-state index in [-0.39, 0.29) is 6.04 Å². The van der Waals surface area contributed by atoms with E-state index in [1.807, 2.05) is 6.92 Å². The summed E-state index contributed by atoms with van der Waals surface area (Å²) in [5, 5.41) is 12.1. The average molecular weight is 199 g/mol. The predicted octanol–water partition coefficient (Wildman–Crippen LogP) is 2.02. The van der Waals surface area contributed by atoms with Crippen molar-refractivity contribution in [2.75, 3.05) is 0 Å². The molecule has 0 aromatic carbocycles. The maximum absolute atomic E-state index is 10.8. The molecule has 0 radical (unpaired) electrons. The average Bonchev–Trinajstić information content (AvgIpc) is 2.41. The van der Waals surface area contributed by atoms with E-state index in [4.69, 9.17) is 5.11 Å². The van der Waals surface area contributed by atoms with Crippen molar-refractivity contribution in [3.8, 4) is 0 Å². The Morgan fingerprint density at radius 1 is 1.64 bits per heavy atom. The van der Waals surface area contributed by atoms with Crippen LogP contribution in [0.15, 0.2) is 0 Å². The lowest BCUT2D eigenvalue weighted by molar-refractivity contribution is -0.139. The lowest BCUT2D eigenvalue weighted by atomic mass is 9.92. The van der Waals surface area contributed by atoms with Gasteiger partial charge in [0.05, 0.1) is 0 Å². The summed E-state index contributed by atoms with van der Waals surface area (Å²) in [6.07, 6.45) is 4.06. The van der Waals surface area contributed by atoms with Crippen LogP contribution in [0.3, 0.4) is 0 Å². The quantitative estimate of drug-likeness (QED) is 0.728. The Morgan fingerprint density at radius 2 is 2.29 bits per heavy atom. The molecule has 0 spiro atoms. The molecule has 1 saturated carbocycles. The number of carboxylic acid groups (broad SMARTS) is 1. The van der Waals surface area contributed by atoms with Gasteiger partial charge in [-0.2, -0.15) is 0 Å². The predicted molar refractivity (Wildman–Crippen MR) is 56.3 cm³/mol. The van der Waals surface area contributed by atoms with Crippen LogP contribution in [0.2, 0.25) is 0 Å². The van der Waals surface area contributed by atoms with E-state index in [9.17, 15) is 4.79 Å². The van der Waals surface area contributed by atoms with Crippen LogP contribution in [-0.2, 0) is 4.79 Å². The molecule has 0 amide bonds. The summed E-state index contributed by atoms with van der Waals surface area (Å²) in [4.78, 5) is 10.8. The van der Waals surface area contributed by atoms with Crippen molar-refractivity contribution in [3.63, 3.8) is 0 Å². The Morgan fingerprint density at radius 3 is 2.64 bits per heavy atom. The summed E-state index contributed by atoms with van der Waals surface area (Å²) in [5.41, 5.74) is 0.383. The molecule has 2 unspecified atom stereocenters. The third kappa shape index (κ3) is 2.98. The highest BCUT2D eigenvalue weighted by Gasteiger charge is 2.32. The summed E-state index contributed by atoms with van der Waals surface area (Å²) >= 11 is 0. The molecule has 1 aliphatic rings. The van der Waals surface area contributed by atoms with Crippen molar-refractivity contribution in [1.29, 1.82) is 0 Å². The van der Waals surface area contributed by atoms with Crippen molar-refractivity contribution >= 4 is 5.97 Å². The van der Waals surface area contributed by atoms with Gasteiger partial charge in [0.1, 0.15) is 6.04 Å². The second-order valence-corrected chi connectivity index (χ2v) is 5.07. The molecule has 0 aromatic heterocycles. The highest BCUT2D eigenvalue weighted by molar-refractivity contribution is 5.73. The molecule has 2 N–H and O–H groups in total. The first-order chi connectivity index (χ1) is 6.44. The van der Waals surface area contributed by atoms with E-state index < -0.39 is 5.97 Å². The van der Waals surface area contributed by atoms with Gasteiger partial charge in [0.2, 0.25) is 0 Å². The third-order valence-corrected chi connectivity index (χ3v) is 3.11. The van der Waals surface area contributed by atoms with Crippen LogP contribution < -0.4 is 5.32 Å². The zero-order valence-corrected chi connectivity index (χ0v) is 9.34. The molecule has 0 bridgehead atoms. The lowest BCUT2D eigenvalue weighted by Crippen LogP contribution is -2.42. The molecule has 2 atom stereocenters. The van der Waals surface area contributed by atoms with Crippen molar-refractivity contribution in [1.82, 2.24) is 5.32 Å². The van der Waals surface area contributed by atoms with Crippen LogP contribution in [0.1, 0.15) is 46.5 Å². The zero-order valence-electron chi connectivity index (χ0n) is 9.34. The SMILES string of the molecule is CCC(NC1CCC(C)(C)C1)C(=O)O. The van der Waals surface area contributed by atoms with Gasteiger partial charge in [-0.25, -0.2) is 0 Å². The molecular weight excluding hydrogens is 178 g/mol. The second kappa shape index (κ2) is 4.30. The molecule has 0 heterocycles. The van der Waals surface area contributed by atoms with Crippen LogP contribution in [0, 0.1) is 5.41 Å². The summed E-state index contributed by atoms with van der Waals surface area (Å²) < 4.78 is 0. The number of rotatable bonds is 4. The summed E-state index contributed by atoms with van der Waals surface area (Å²) in [6.45, 7) is 6.40. The molecule has 1 aliphatic carbocycles. The molecule has 0 saturated heterocycles. The molecule has 3 heteroatoms.